The molecule has 0 bridgehead atoms. The third-order valence-corrected chi connectivity index (χ3v) is 4.67. The molecule has 3 rings (SSSR count). The Morgan fingerprint density at radius 3 is 2.96 bits per heavy atom. The number of allylic oxidation sites excluding steroid dienone is 1. The maximum atomic E-state index is 12.4. The highest BCUT2D eigenvalue weighted by atomic mass is 16.3. The molecule has 0 aliphatic heterocycles. The van der Waals surface area contributed by atoms with Gasteiger partial charge in [-0.1, -0.05) is 23.8 Å². The van der Waals surface area contributed by atoms with E-state index in [1.165, 1.54) is 24.8 Å². The van der Waals surface area contributed by atoms with Crippen molar-refractivity contribution in [2.24, 2.45) is 0 Å². The number of aliphatic hydroxyl groups is 1. The van der Waals surface area contributed by atoms with E-state index in [-0.39, 0.29) is 12.5 Å². The number of fused-ring (bicyclic) bond motifs is 1. The molecular formula is C20H28N4O2. The highest BCUT2D eigenvalue weighted by Gasteiger charge is 2.14. The van der Waals surface area contributed by atoms with Crippen LogP contribution in [0.4, 0.5) is 5.95 Å². The number of carbonyl (C=O) groups is 1. The highest BCUT2D eigenvalue weighted by molar-refractivity contribution is 5.83. The fourth-order valence-electron chi connectivity index (χ4n) is 3.30. The third kappa shape index (κ3) is 4.85. The summed E-state index contributed by atoms with van der Waals surface area (Å²) in [6, 6.07) is 7.74. The van der Waals surface area contributed by atoms with Crippen molar-refractivity contribution in [2.75, 3.05) is 18.4 Å². The minimum atomic E-state index is -0.485. The van der Waals surface area contributed by atoms with Gasteiger partial charge in [0.15, 0.2) is 0 Å². The fourth-order valence-corrected chi connectivity index (χ4v) is 3.30. The molecule has 0 unspecified atom stereocenters. The van der Waals surface area contributed by atoms with Gasteiger partial charge in [-0.2, -0.15) is 0 Å². The standard InChI is InChI=1S/C20H28N4O2/c1-15(25)13-22-20-23-17-9-5-6-10-18(17)24(20)14-19(26)21-12-11-16-7-3-2-4-8-16/h5-7,9-10,15,25H,2-4,8,11-14H2,1H3,(H,21,26)(H,22,23)/t15-/m0/s1. The first-order chi connectivity index (χ1) is 12.6. The topological polar surface area (TPSA) is 79.2 Å². The molecule has 140 valence electrons. The van der Waals surface area contributed by atoms with E-state index in [1.54, 1.807) is 6.92 Å². The smallest absolute Gasteiger partial charge is 0.240 e. The average Bonchev–Trinajstić information content (AvgIpc) is 2.98. The molecule has 6 heteroatoms. The molecule has 1 amide bonds. The van der Waals surface area contributed by atoms with Crippen LogP contribution >= 0.6 is 0 Å². The molecule has 0 spiro atoms. The summed E-state index contributed by atoms with van der Waals surface area (Å²) >= 11 is 0. The van der Waals surface area contributed by atoms with Crippen LogP contribution in [0.1, 0.15) is 39.0 Å². The van der Waals surface area contributed by atoms with Crippen LogP contribution in [-0.4, -0.2) is 39.8 Å². The Labute approximate surface area is 154 Å². The SMILES string of the molecule is C[C@H](O)CNc1nc2ccccc2n1CC(=O)NCCC1=CCCCC1. The van der Waals surface area contributed by atoms with Crippen LogP contribution in [0.2, 0.25) is 0 Å². The van der Waals surface area contributed by atoms with E-state index in [1.807, 2.05) is 28.8 Å². The van der Waals surface area contributed by atoms with E-state index in [2.05, 4.69) is 21.7 Å². The summed E-state index contributed by atoms with van der Waals surface area (Å²) in [6.07, 6.45) is 7.64. The molecule has 2 aromatic rings. The van der Waals surface area contributed by atoms with Gasteiger partial charge in [0.1, 0.15) is 6.54 Å². The van der Waals surface area contributed by atoms with Crippen LogP contribution in [0.3, 0.4) is 0 Å². The van der Waals surface area contributed by atoms with Crippen LogP contribution in [0.5, 0.6) is 0 Å². The maximum Gasteiger partial charge on any atom is 0.240 e. The van der Waals surface area contributed by atoms with Gasteiger partial charge in [-0.25, -0.2) is 4.98 Å². The lowest BCUT2D eigenvalue weighted by Crippen LogP contribution is -2.29. The van der Waals surface area contributed by atoms with E-state index in [0.29, 0.717) is 19.0 Å². The van der Waals surface area contributed by atoms with Crippen molar-refractivity contribution in [1.82, 2.24) is 14.9 Å². The molecule has 3 N–H and O–H groups in total. The van der Waals surface area contributed by atoms with Crippen molar-refractivity contribution >= 4 is 22.9 Å². The van der Waals surface area contributed by atoms with Gasteiger partial charge in [0.05, 0.1) is 17.1 Å². The quantitative estimate of drug-likeness (QED) is 0.636. The Hall–Kier alpha value is -2.34. The van der Waals surface area contributed by atoms with E-state index >= 15 is 0 Å². The number of benzene rings is 1. The predicted octanol–water partition coefficient (Wildman–Crippen LogP) is 2.84. The lowest BCUT2D eigenvalue weighted by atomic mass is 9.97. The first-order valence-electron chi connectivity index (χ1n) is 9.45. The van der Waals surface area contributed by atoms with E-state index in [0.717, 1.165) is 23.9 Å². The molecular weight excluding hydrogens is 328 g/mol. The molecule has 0 radical (unpaired) electrons. The van der Waals surface area contributed by atoms with Crippen LogP contribution in [0.25, 0.3) is 11.0 Å². The number of rotatable bonds is 8. The van der Waals surface area contributed by atoms with Gasteiger partial charge < -0.3 is 20.3 Å². The molecule has 1 aromatic carbocycles. The zero-order chi connectivity index (χ0) is 18.4. The first-order valence-corrected chi connectivity index (χ1v) is 9.45. The van der Waals surface area contributed by atoms with Crippen molar-refractivity contribution in [1.29, 1.82) is 0 Å². The number of amides is 1. The molecule has 0 saturated carbocycles. The Morgan fingerprint density at radius 2 is 2.19 bits per heavy atom. The van der Waals surface area contributed by atoms with Crippen LogP contribution < -0.4 is 10.6 Å². The molecule has 1 aliphatic rings. The van der Waals surface area contributed by atoms with Gasteiger partial charge in [0, 0.05) is 13.1 Å². The number of anilines is 1. The summed E-state index contributed by atoms with van der Waals surface area (Å²) in [5.74, 6) is 0.585. The summed E-state index contributed by atoms with van der Waals surface area (Å²) in [4.78, 5) is 17.0. The number of aromatic nitrogens is 2. The van der Waals surface area contributed by atoms with Crippen LogP contribution in [0, 0.1) is 0 Å². The molecule has 1 atom stereocenters. The van der Waals surface area contributed by atoms with Crippen molar-refractivity contribution in [3.05, 3.63) is 35.9 Å². The minimum absolute atomic E-state index is 0.0235. The molecule has 6 nitrogen and oxygen atoms in total. The molecule has 26 heavy (non-hydrogen) atoms. The lowest BCUT2D eigenvalue weighted by molar-refractivity contribution is -0.121. The van der Waals surface area contributed by atoms with Crippen LogP contribution in [-0.2, 0) is 11.3 Å². The van der Waals surface area contributed by atoms with Gasteiger partial charge in [0.2, 0.25) is 11.9 Å². The maximum absolute atomic E-state index is 12.4. The normalized spacial score (nSPS) is 15.5. The summed E-state index contributed by atoms with van der Waals surface area (Å²) in [5.41, 5.74) is 3.20. The average molecular weight is 356 g/mol. The van der Waals surface area contributed by atoms with E-state index in [9.17, 15) is 9.90 Å². The largest absolute Gasteiger partial charge is 0.392 e. The monoisotopic (exact) mass is 356 g/mol. The molecule has 1 aliphatic carbocycles. The predicted molar refractivity (Wildman–Crippen MR) is 104 cm³/mol. The van der Waals surface area contributed by atoms with E-state index < -0.39 is 6.10 Å². The van der Waals surface area contributed by atoms with E-state index in [4.69, 9.17) is 0 Å². The Morgan fingerprint density at radius 1 is 1.35 bits per heavy atom. The number of imidazole rings is 1. The number of hydrogen-bond donors (Lipinski definition) is 3. The summed E-state index contributed by atoms with van der Waals surface area (Å²) in [5, 5.41) is 15.7. The number of nitrogens with zero attached hydrogens (tertiary/aromatic N) is 2. The van der Waals surface area contributed by atoms with Gasteiger partial charge in [-0.15, -0.1) is 0 Å². The van der Waals surface area contributed by atoms with Crippen LogP contribution in [0.15, 0.2) is 35.9 Å². The van der Waals surface area contributed by atoms with Crippen molar-refractivity contribution in [3.8, 4) is 0 Å². The third-order valence-electron chi connectivity index (χ3n) is 4.67. The number of aliphatic hydroxyl groups excluding tert-OH is 1. The second kappa shape index (κ2) is 8.85. The van der Waals surface area contributed by atoms with Gasteiger partial charge >= 0.3 is 0 Å². The molecule has 0 fully saturated rings. The summed E-state index contributed by atoms with van der Waals surface area (Å²) in [7, 11) is 0. The van der Waals surface area contributed by atoms with Crippen molar-refractivity contribution in [2.45, 2.75) is 51.7 Å². The Bertz CT molecular complexity index is 779. The molecule has 1 heterocycles. The van der Waals surface area contributed by atoms with Crippen molar-refractivity contribution < 1.29 is 9.90 Å². The lowest BCUT2D eigenvalue weighted by Gasteiger charge is -2.14. The second-order valence-electron chi connectivity index (χ2n) is 6.95. The first kappa shape index (κ1) is 18.5. The minimum Gasteiger partial charge on any atom is -0.392 e. The summed E-state index contributed by atoms with van der Waals surface area (Å²) < 4.78 is 1.87. The number of hydrogen-bond acceptors (Lipinski definition) is 4. The number of para-hydroxylation sites is 2. The molecule has 1 aromatic heterocycles. The number of nitrogens with one attached hydrogen (secondary N) is 2. The van der Waals surface area contributed by atoms with Gasteiger partial charge in [-0.3, -0.25) is 4.79 Å². The Balaban J connectivity index is 1.63. The number of carbonyl (C=O) groups excluding carboxylic acids is 1. The van der Waals surface area contributed by atoms with Gasteiger partial charge in [0.25, 0.3) is 0 Å². The highest BCUT2D eigenvalue weighted by Crippen LogP contribution is 2.20. The zero-order valence-corrected chi connectivity index (χ0v) is 15.4. The Kier molecular flexibility index (Phi) is 6.28. The molecule has 0 saturated heterocycles. The second-order valence-corrected chi connectivity index (χ2v) is 6.95. The van der Waals surface area contributed by atoms with Crippen molar-refractivity contribution in [3.63, 3.8) is 0 Å². The summed E-state index contributed by atoms with van der Waals surface area (Å²) in [6.45, 7) is 2.99. The fraction of sp³-hybridized carbons (Fsp3) is 0.500. The van der Waals surface area contributed by atoms with Gasteiger partial charge in [-0.05, 0) is 51.2 Å². The zero-order valence-electron chi connectivity index (χ0n) is 15.4.